The first-order valence-corrected chi connectivity index (χ1v) is 11.0. The second-order valence-corrected chi connectivity index (χ2v) is 8.69. The minimum atomic E-state index is -0.894. The van der Waals surface area contributed by atoms with Gasteiger partial charge in [-0.1, -0.05) is 48.0 Å². The highest BCUT2D eigenvalue weighted by Crippen LogP contribution is 2.48. The number of ether oxygens (including phenoxy) is 1. The van der Waals surface area contributed by atoms with Gasteiger partial charge in [0.25, 0.3) is 5.91 Å². The van der Waals surface area contributed by atoms with Gasteiger partial charge in [-0.3, -0.25) is 14.4 Å². The maximum absolute atomic E-state index is 13.9. The zero-order valence-corrected chi connectivity index (χ0v) is 19.1. The monoisotopic (exact) mass is 442 g/mol. The standard InChI is InChI=1S/C27H26N2O4/c1-16-13-17(2)23(18(3)14-16)28-26(30)22-24(19-9-8-12-21(15-19)32-4)29(33-25(22)27(28)31)20-10-6-5-7-11-20/h5-15,22,24-25H,1-4H3/t22-,24-,25-/m0/s1. The van der Waals surface area contributed by atoms with Crippen LogP contribution in [-0.2, 0) is 14.4 Å². The van der Waals surface area contributed by atoms with E-state index >= 15 is 0 Å². The minimum absolute atomic E-state index is 0.244. The number of carbonyl (C=O) groups excluding carboxylic acids is 2. The minimum Gasteiger partial charge on any atom is -0.497 e. The number of rotatable bonds is 4. The van der Waals surface area contributed by atoms with Crippen molar-refractivity contribution in [1.29, 1.82) is 0 Å². The summed E-state index contributed by atoms with van der Waals surface area (Å²) in [7, 11) is 1.61. The molecule has 168 valence electrons. The van der Waals surface area contributed by atoms with Gasteiger partial charge in [-0.25, -0.2) is 9.96 Å². The third kappa shape index (κ3) is 3.38. The number of hydrogen-bond donors (Lipinski definition) is 0. The van der Waals surface area contributed by atoms with Crippen LogP contribution in [0.15, 0.2) is 66.7 Å². The summed E-state index contributed by atoms with van der Waals surface area (Å²) in [5.74, 6) is -0.564. The lowest BCUT2D eigenvalue weighted by Gasteiger charge is -2.29. The molecule has 3 atom stereocenters. The fourth-order valence-corrected chi connectivity index (χ4v) is 5.12. The van der Waals surface area contributed by atoms with E-state index in [-0.39, 0.29) is 11.8 Å². The Labute approximate surface area is 193 Å². The van der Waals surface area contributed by atoms with Crippen LogP contribution in [0.3, 0.4) is 0 Å². The SMILES string of the molecule is COc1cccc([C@H]2[C@@H]3C(=O)N(c4c(C)cc(C)cc4C)C(=O)[C@H]3ON2c2ccccc2)c1. The molecule has 3 aromatic carbocycles. The molecule has 6 heteroatoms. The molecule has 3 aromatic rings. The summed E-state index contributed by atoms with van der Waals surface area (Å²) >= 11 is 0. The van der Waals surface area contributed by atoms with E-state index < -0.39 is 18.1 Å². The summed E-state index contributed by atoms with van der Waals surface area (Å²) < 4.78 is 5.43. The highest BCUT2D eigenvalue weighted by Gasteiger charge is 2.60. The summed E-state index contributed by atoms with van der Waals surface area (Å²) in [5.41, 5.74) is 5.18. The predicted molar refractivity (Wildman–Crippen MR) is 126 cm³/mol. The maximum atomic E-state index is 13.9. The largest absolute Gasteiger partial charge is 0.497 e. The molecule has 2 amide bonds. The predicted octanol–water partition coefficient (Wildman–Crippen LogP) is 4.67. The Kier molecular flexibility index (Phi) is 5.17. The van der Waals surface area contributed by atoms with Gasteiger partial charge in [0.05, 0.1) is 24.5 Å². The number of anilines is 2. The number of benzene rings is 3. The van der Waals surface area contributed by atoms with Gasteiger partial charge in [-0.05, 0) is 61.7 Å². The highest BCUT2D eigenvalue weighted by molar-refractivity contribution is 6.24. The van der Waals surface area contributed by atoms with Crippen LogP contribution >= 0.6 is 0 Å². The summed E-state index contributed by atoms with van der Waals surface area (Å²) in [5, 5.41) is 1.70. The third-order valence-electron chi connectivity index (χ3n) is 6.42. The number of carbonyl (C=O) groups is 2. The van der Waals surface area contributed by atoms with Crippen molar-refractivity contribution in [2.24, 2.45) is 5.92 Å². The fraction of sp³-hybridized carbons (Fsp3) is 0.259. The van der Waals surface area contributed by atoms with Crippen LogP contribution in [0.5, 0.6) is 5.75 Å². The van der Waals surface area contributed by atoms with Crippen LogP contribution in [0, 0.1) is 26.7 Å². The number of para-hydroxylation sites is 1. The molecule has 2 heterocycles. The van der Waals surface area contributed by atoms with E-state index in [1.54, 1.807) is 12.2 Å². The molecule has 0 unspecified atom stereocenters. The first kappa shape index (κ1) is 21.2. The van der Waals surface area contributed by atoms with E-state index in [1.807, 2.05) is 87.5 Å². The van der Waals surface area contributed by atoms with Crippen LogP contribution in [0.4, 0.5) is 11.4 Å². The van der Waals surface area contributed by atoms with Crippen molar-refractivity contribution in [3.63, 3.8) is 0 Å². The second-order valence-electron chi connectivity index (χ2n) is 8.69. The van der Waals surface area contributed by atoms with Crippen LogP contribution in [0.1, 0.15) is 28.3 Å². The number of fused-ring (bicyclic) bond motifs is 1. The molecule has 2 saturated heterocycles. The first-order chi connectivity index (χ1) is 15.9. The molecule has 2 aliphatic heterocycles. The topological polar surface area (TPSA) is 59.1 Å². The van der Waals surface area contributed by atoms with Gasteiger partial charge in [0.1, 0.15) is 11.7 Å². The van der Waals surface area contributed by atoms with Gasteiger partial charge in [-0.2, -0.15) is 0 Å². The lowest BCUT2D eigenvalue weighted by atomic mass is 9.90. The summed E-state index contributed by atoms with van der Waals surface area (Å²) in [6.07, 6.45) is -0.894. The Balaban J connectivity index is 1.62. The number of methoxy groups -OCH3 is 1. The van der Waals surface area contributed by atoms with Crippen molar-refractivity contribution in [3.05, 3.63) is 89.0 Å². The highest BCUT2D eigenvalue weighted by atomic mass is 16.7. The number of hydrogen-bond acceptors (Lipinski definition) is 5. The van der Waals surface area contributed by atoms with Crippen molar-refractivity contribution >= 4 is 23.2 Å². The summed E-state index contributed by atoms with van der Waals surface area (Å²) in [6.45, 7) is 5.87. The molecule has 0 radical (unpaired) electrons. The quantitative estimate of drug-likeness (QED) is 0.550. The van der Waals surface area contributed by atoms with Crippen molar-refractivity contribution in [2.75, 3.05) is 17.1 Å². The van der Waals surface area contributed by atoms with Crippen molar-refractivity contribution in [2.45, 2.75) is 32.9 Å². The second kappa shape index (κ2) is 8.05. The molecule has 0 aromatic heterocycles. The van der Waals surface area contributed by atoms with Crippen LogP contribution in [-0.4, -0.2) is 25.0 Å². The van der Waals surface area contributed by atoms with E-state index in [0.29, 0.717) is 11.4 Å². The lowest BCUT2D eigenvalue weighted by molar-refractivity contribution is -0.126. The van der Waals surface area contributed by atoms with Gasteiger partial charge in [0.2, 0.25) is 5.91 Å². The molecule has 0 bridgehead atoms. The number of hydroxylamine groups is 1. The zero-order chi connectivity index (χ0) is 23.3. The molecule has 6 nitrogen and oxygen atoms in total. The summed E-state index contributed by atoms with van der Waals surface area (Å²) in [6, 6.07) is 20.7. The van der Waals surface area contributed by atoms with E-state index in [2.05, 4.69) is 0 Å². The van der Waals surface area contributed by atoms with Crippen molar-refractivity contribution in [1.82, 2.24) is 0 Å². The molecule has 0 saturated carbocycles. The van der Waals surface area contributed by atoms with Crippen molar-refractivity contribution in [3.8, 4) is 5.75 Å². The molecule has 0 aliphatic carbocycles. The van der Waals surface area contributed by atoms with Gasteiger partial charge in [0.15, 0.2) is 6.10 Å². The average molecular weight is 443 g/mol. The lowest BCUT2D eigenvalue weighted by Crippen LogP contribution is -2.38. The molecular weight excluding hydrogens is 416 g/mol. The summed E-state index contributed by atoms with van der Waals surface area (Å²) in [4.78, 5) is 35.0. The first-order valence-electron chi connectivity index (χ1n) is 11.0. The van der Waals surface area contributed by atoms with Gasteiger partial charge < -0.3 is 4.74 Å². The third-order valence-corrected chi connectivity index (χ3v) is 6.42. The molecule has 33 heavy (non-hydrogen) atoms. The molecule has 5 rings (SSSR count). The molecule has 0 N–H and O–H groups in total. The van der Waals surface area contributed by atoms with E-state index in [0.717, 1.165) is 27.9 Å². The van der Waals surface area contributed by atoms with E-state index in [4.69, 9.17) is 9.57 Å². The number of nitrogens with zero attached hydrogens (tertiary/aromatic N) is 2. The van der Waals surface area contributed by atoms with Gasteiger partial charge in [-0.15, -0.1) is 0 Å². The van der Waals surface area contributed by atoms with Crippen molar-refractivity contribution < 1.29 is 19.2 Å². The van der Waals surface area contributed by atoms with Crippen LogP contribution in [0.2, 0.25) is 0 Å². The van der Waals surface area contributed by atoms with Crippen LogP contribution < -0.4 is 14.7 Å². The maximum Gasteiger partial charge on any atom is 0.266 e. The smallest absolute Gasteiger partial charge is 0.266 e. The Hall–Kier alpha value is -3.64. The van der Waals surface area contributed by atoms with E-state index in [1.165, 1.54) is 4.90 Å². The number of aryl methyl sites for hydroxylation is 3. The Morgan fingerprint density at radius 2 is 1.55 bits per heavy atom. The number of amides is 2. The molecular formula is C27H26N2O4. The Morgan fingerprint density at radius 1 is 0.848 bits per heavy atom. The Morgan fingerprint density at radius 3 is 2.21 bits per heavy atom. The number of imide groups is 1. The fourth-order valence-electron chi connectivity index (χ4n) is 5.12. The molecule has 2 fully saturated rings. The average Bonchev–Trinajstić information content (AvgIpc) is 3.31. The molecule has 2 aliphatic rings. The van der Waals surface area contributed by atoms with Gasteiger partial charge in [0, 0.05) is 0 Å². The zero-order valence-electron chi connectivity index (χ0n) is 19.1. The van der Waals surface area contributed by atoms with Crippen LogP contribution in [0.25, 0.3) is 0 Å². The Bertz CT molecular complexity index is 1220. The molecule has 0 spiro atoms. The van der Waals surface area contributed by atoms with Gasteiger partial charge >= 0.3 is 0 Å². The van der Waals surface area contributed by atoms with E-state index in [9.17, 15) is 9.59 Å². The normalized spacial score (nSPS) is 22.1.